The number of carboxylic acid groups (broad SMARTS) is 1. The molecule has 0 saturated carbocycles. The number of phenolic OH excluding ortho intramolecular Hbond substituents is 1. The molecule has 74 valence electrons. The lowest BCUT2D eigenvalue weighted by molar-refractivity contribution is -0.131. The topological polar surface area (TPSA) is 69.6 Å². The summed E-state index contributed by atoms with van der Waals surface area (Å²) in [6.45, 7) is 0.532. The van der Waals surface area contributed by atoms with Crippen LogP contribution in [0.15, 0.2) is 36.5 Å². The summed E-state index contributed by atoms with van der Waals surface area (Å²) in [5, 5.41) is 20.1. The van der Waals surface area contributed by atoms with Crippen LogP contribution in [0.1, 0.15) is 5.56 Å². The monoisotopic (exact) mass is 193 g/mol. The molecule has 1 aromatic carbocycles. The van der Waals surface area contributed by atoms with E-state index in [0.29, 0.717) is 6.54 Å². The highest BCUT2D eigenvalue weighted by atomic mass is 16.4. The molecule has 0 saturated heterocycles. The molecule has 0 aliphatic carbocycles. The van der Waals surface area contributed by atoms with Crippen LogP contribution in [0.4, 0.5) is 0 Å². The predicted octanol–water partition coefficient (Wildman–Crippen LogP) is 1.08. The summed E-state index contributed by atoms with van der Waals surface area (Å²) in [6.07, 6.45) is 2.40. The van der Waals surface area contributed by atoms with Crippen molar-refractivity contribution in [3.8, 4) is 5.75 Å². The van der Waals surface area contributed by atoms with Crippen LogP contribution in [-0.4, -0.2) is 16.2 Å². The Bertz CT molecular complexity index is 330. The zero-order chi connectivity index (χ0) is 10.4. The van der Waals surface area contributed by atoms with E-state index >= 15 is 0 Å². The van der Waals surface area contributed by atoms with Crippen LogP contribution < -0.4 is 5.32 Å². The molecule has 0 bridgehead atoms. The van der Waals surface area contributed by atoms with Crippen molar-refractivity contribution in [3.05, 3.63) is 42.1 Å². The molecule has 1 rings (SSSR count). The first-order valence-electron chi connectivity index (χ1n) is 4.09. The van der Waals surface area contributed by atoms with Gasteiger partial charge in [0.25, 0.3) is 0 Å². The smallest absolute Gasteiger partial charge is 0.329 e. The Labute approximate surface area is 81.5 Å². The van der Waals surface area contributed by atoms with Crippen LogP contribution in [0.3, 0.4) is 0 Å². The molecule has 4 heteroatoms. The first-order chi connectivity index (χ1) is 6.68. The van der Waals surface area contributed by atoms with Crippen molar-refractivity contribution in [3.63, 3.8) is 0 Å². The number of rotatable bonds is 4. The molecule has 0 amide bonds. The quantitative estimate of drug-likeness (QED) is 0.626. The number of nitrogens with one attached hydrogen (secondary N) is 1. The number of hydrogen-bond donors (Lipinski definition) is 3. The van der Waals surface area contributed by atoms with E-state index in [4.69, 9.17) is 10.2 Å². The largest absolute Gasteiger partial charge is 0.508 e. The lowest BCUT2D eigenvalue weighted by Crippen LogP contribution is -2.05. The van der Waals surface area contributed by atoms with Gasteiger partial charge in [-0.25, -0.2) is 4.79 Å². The number of carbonyl (C=O) groups is 1. The van der Waals surface area contributed by atoms with Crippen molar-refractivity contribution in [2.24, 2.45) is 0 Å². The fourth-order valence-corrected chi connectivity index (χ4v) is 0.921. The number of phenols is 1. The van der Waals surface area contributed by atoms with Gasteiger partial charge in [0, 0.05) is 18.8 Å². The van der Waals surface area contributed by atoms with Gasteiger partial charge >= 0.3 is 5.97 Å². The highest BCUT2D eigenvalue weighted by Crippen LogP contribution is 2.08. The van der Waals surface area contributed by atoms with Crippen LogP contribution in [-0.2, 0) is 11.3 Å². The van der Waals surface area contributed by atoms with Gasteiger partial charge in [0.15, 0.2) is 0 Å². The van der Waals surface area contributed by atoms with Gasteiger partial charge in [-0.3, -0.25) is 0 Å². The maximum absolute atomic E-state index is 10.1. The maximum Gasteiger partial charge on any atom is 0.329 e. The molecule has 0 fully saturated rings. The fourth-order valence-electron chi connectivity index (χ4n) is 0.921. The molecular weight excluding hydrogens is 182 g/mol. The molecule has 3 N–H and O–H groups in total. The Morgan fingerprint density at radius 1 is 1.36 bits per heavy atom. The second-order valence-electron chi connectivity index (χ2n) is 2.72. The minimum Gasteiger partial charge on any atom is -0.508 e. The second-order valence-corrected chi connectivity index (χ2v) is 2.72. The highest BCUT2D eigenvalue weighted by Gasteiger charge is 1.90. The standard InChI is InChI=1S/C10H11NO3/c12-9-3-1-8(2-4-9)7-11-6-5-10(13)14/h1-6,11-12H,7H2,(H,13,14)/b6-5+. The number of benzene rings is 1. The van der Waals surface area contributed by atoms with E-state index in [1.165, 1.54) is 6.20 Å². The highest BCUT2D eigenvalue weighted by molar-refractivity contribution is 5.79. The summed E-state index contributed by atoms with van der Waals surface area (Å²) in [5.41, 5.74) is 0.970. The average molecular weight is 193 g/mol. The molecule has 1 aromatic rings. The van der Waals surface area contributed by atoms with Gasteiger partial charge in [0.1, 0.15) is 5.75 Å². The molecule has 0 aliphatic heterocycles. The van der Waals surface area contributed by atoms with Crippen molar-refractivity contribution in [2.75, 3.05) is 0 Å². The molecule has 0 atom stereocenters. The summed E-state index contributed by atoms with van der Waals surface area (Å²) < 4.78 is 0. The summed E-state index contributed by atoms with van der Waals surface area (Å²) in [6, 6.07) is 6.68. The van der Waals surface area contributed by atoms with Gasteiger partial charge < -0.3 is 15.5 Å². The predicted molar refractivity (Wildman–Crippen MR) is 51.7 cm³/mol. The van der Waals surface area contributed by atoms with E-state index in [0.717, 1.165) is 11.6 Å². The van der Waals surface area contributed by atoms with Crippen molar-refractivity contribution in [1.29, 1.82) is 0 Å². The first-order valence-corrected chi connectivity index (χ1v) is 4.09. The van der Waals surface area contributed by atoms with E-state index in [9.17, 15) is 4.79 Å². The van der Waals surface area contributed by atoms with Crippen LogP contribution in [0.2, 0.25) is 0 Å². The minimum absolute atomic E-state index is 0.217. The Morgan fingerprint density at radius 2 is 2.00 bits per heavy atom. The summed E-state index contributed by atoms with van der Waals surface area (Å²) in [4.78, 5) is 10.1. The van der Waals surface area contributed by atoms with Crippen molar-refractivity contribution in [1.82, 2.24) is 5.32 Å². The van der Waals surface area contributed by atoms with E-state index in [1.807, 2.05) is 0 Å². The van der Waals surface area contributed by atoms with Gasteiger partial charge in [-0.05, 0) is 17.7 Å². The minimum atomic E-state index is -0.983. The Kier molecular flexibility index (Phi) is 3.55. The van der Waals surface area contributed by atoms with E-state index in [2.05, 4.69) is 5.32 Å². The molecule has 0 unspecified atom stereocenters. The lowest BCUT2D eigenvalue weighted by atomic mass is 10.2. The Balaban J connectivity index is 2.39. The molecular formula is C10H11NO3. The molecule has 4 nitrogen and oxygen atoms in total. The number of aliphatic carboxylic acids is 1. The zero-order valence-electron chi connectivity index (χ0n) is 7.47. The van der Waals surface area contributed by atoms with Gasteiger partial charge in [-0.1, -0.05) is 12.1 Å². The number of aromatic hydroxyl groups is 1. The third kappa shape index (κ3) is 3.62. The SMILES string of the molecule is O=C(O)/C=C/NCc1ccc(O)cc1. The van der Waals surface area contributed by atoms with Crippen LogP contribution in [0.5, 0.6) is 5.75 Å². The first kappa shape index (κ1) is 10.1. The fraction of sp³-hybridized carbons (Fsp3) is 0.100. The van der Waals surface area contributed by atoms with E-state index < -0.39 is 5.97 Å². The lowest BCUT2D eigenvalue weighted by Gasteiger charge is -2.00. The zero-order valence-corrected chi connectivity index (χ0v) is 7.47. The molecule has 0 aromatic heterocycles. The Morgan fingerprint density at radius 3 is 2.57 bits per heavy atom. The molecule has 0 heterocycles. The normalized spacial score (nSPS) is 10.3. The van der Waals surface area contributed by atoms with E-state index in [1.54, 1.807) is 24.3 Å². The number of carboxylic acids is 1. The molecule has 14 heavy (non-hydrogen) atoms. The summed E-state index contributed by atoms with van der Waals surface area (Å²) in [7, 11) is 0. The average Bonchev–Trinajstić information content (AvgIpc) is 2.15. The van der Waals surface area contributed by atoms with E-state index in [-0.39, 0.29) is 5.75 Å². The maximum atomic E-state index is 10.1. The number of hydrogen-bond acceptors (Lipinski definition) is 3. The van der Waals surface area contributed by atoms with Crippen LogP contribution >= 0.6 is 0 Å². The molecule has 0 spiro atoms. The molecule has 0 aliphatic rings. The summed E-state index contributed by atoms with van der Waals surface area (Å²) >= 11 is 0. The molecule has 0 radical (unpaired) electrons. The summed E-state index contributed by atoms with van der Waals surface area (Å²) in [5.74, 6) is -0.766. The second kappa shape index (κ2) is 4.91. The van der Waals surface area contributed by atoms with Crippen molar-refractivity contribution < 1.29 is 15.0 Å². The van der Waals surface area contributed by atoms with Crippen molar-refractivity contribution in [2.45, 2.75) is 6.54 Å². The Hall–Kier alpha value is -1.97. The van der Waals surface area contributed by atoms with Gasteiger partial charge in [0.05, 0.1) is 0 Å². The van der Waals surface area contributed by atoms with Gasteiger partial charge in [0.2, 0.25) is 0 Å². The third-order valence-electron chi connectivity index (χ3n) is 1.59. The third-order valence-corrected chi connectivity index (χ3v) is 1.59. The van der Waals surface area contributed by atoms with Crippen molar-refractivity contribution >= 4 is 5.97 Å². The van der Waals surface area contributed by atoms with Gasteiger partial charge in [-0.2, -0.15) is 0 Å². The van der Waals surface area contributed by atoms with Crippen LogP contribution in [0, 0.1) is 0 Å². The van der Waals surface area contributed by atoms with Gasteiger partial charge in [-0.15, -0.1) is 0 Å². The van der Waals surface area contributed by atoms with Crippen LogP contribution in [0.25, 0.3) is 0 Å².